The summed E-state index contributed by atoms with van der Waals surface area (Å²) < 4.78 is 123. The van der Waals surface area contributed by atoms with Gasteiger partial charge in [0.15, 0.2) is 0 Å². The number of hydrogen-bond acceptors (Lipinski definition) is 4. The van der Waals surface area contributed by atoms with Gasteiger partial charge >= 0.3 is 36.4 Å². The Labute approximate surface area is 194 Å². The topological polar surface area (TPSA) is 105 Å². The third-order valence-electron chi connectivity index (χ3n) is 4.40. The Kier molecular flexibility index (Phi) is 7.69. The number of carbonyl (C=O) groups is 1. The van der Waals surface area contributed by atoms with Crippen LogP contribution in [-0.4, -0.2) is 53.7 Å². The number of aromatic nitrogens is 2. The molecule has 0 radical (unpaired) electrons. The van der Waals surface area contributed by atoms with Crippen LogP contribution < -0.4 is 10.4 Å². The molecule has 1 aromatic carbocycles. The van der Waals surface area contributed by atoms with Gasteiger partial charge in [-0.3, -0.25) is 0 Å². The monoisotopic (exact) mass is 539 g/mol. The van der Waals surface area contributed by atoms with Crippen molar-refractivity contribution in [3.8, 4) is 11.1 Å². The first-order valence-electron chi connectivity index (χ1n) is 8.83. The summed E-state index contributed by atoms with van der Waals surface area (Å²) in [5, 5.41) is 11.3. The van der Waals surface area contributed by atoms with Crippen molar-refractivity contribution < 1.29 is 58.8 Å². The number of alkyl halides is 9. The van der Waals surface area contributed by atoms with E-state index in [-0.39, 0.29) is 21.7 Å². The molecule has 0 saturated heterocycles. The quantitative estimate of drug-likeness (QED) is 0.166. The van der Waals surface area contributed by atoms with Crippen molar-refractivity contribution in [2.45, 2.75) is 24.6 Å². The van der Waals surface area contributed by atoms with E-state index in [2.05, 4.69) is 14.8 Å². The summed E-state index contributed by atoms with van der Waals surface area (Å²) in [6.07, 6.45) is -11.5. The van der Waals surface area contributed by atoms with Crippen LogP contribution in [0.15, 0.2) is 47.0 Å². The Hall–Kier alpha value is -3.43. The van der Waals surface area contributed by atoms with Gasteiger partial charge in [-0.1, -0.05) is 22.7 Å². The van der Waals surface area contributed by atoms with Crippen LogP contribution in [-0.2, 0) is 4.74 Å². The number of carboxylic acids is 1. The van der Waals surface area contributed by atoms with Crippen LogP contribution in [0.2, 0.25) is 5.02 Å². The lowest BCUT2D eigenvalue weighted by molar-refractivity contribution is -0.617. The van der Waals surface area contributed by atoms with E-state index < -0.39 is 47.9 Å². The smallest absolute Gasteiger partial charge is 0.437 e. The number of benzene rings is 1. The molecular formula is C18H13ClF9N4O3+. The van der Waals surface area contributed by atoms with Crippen LogP contribution in [0.5, 0.6) is 0 Å². The van der Waals surface area contributed by atoms with Gasteiger partial charge in [0.05, 0.1) is 16.8 Å². The van der Waals surface area contributed by atoms with E-state index >= 15 is 0 Å². The predicted octanol–water partition coefficient (Wildman–Crippen LogP) is 4.44. The van der Waals surface area contributed by atoms with E-state index in [0.717, 1.165) is 25.5 Å². The number of ether oxygens (including phenoxy) is 1. The zero-order valence-electron chi connectivity index (χ0n) is 17.0. The lowest BCUT2D eigenvalue weighted by atomic mass is 9.99. The minimum Gasteiger partial charge on any atom is -0.478 e. The average molecular weight is 540 g/mol. The van der Waals surface area contributed by atoms with Crippen LogP contribution in [0.4, 0.5) is 39.5 Å². The zero-order valence-corrected chi connectivity index (χ0v) is 17.7. The molecule has 35 heavy (non-hydrogen) atoms. The van der Waals surface area contributed by atoms with Crippen molar-refractivity contribution in [2.24, 2.45) is 10.7 Å². The molecule has 7 nitrogen and oxygen atoms in total. The van der Waals surface area contributed by atoms with E-state index in [1.165, 1.54) is 12.1 Å². The standard InChI is InChI=1S/C18H12ClF9N4O3/c1-30-13(11(35-15(20)21)12(29)16(22,17(23,24)25)18(26,27)28)32-6-8(5-31-32)7-2-3-10(19)9(4-7)14(33)34/h2-6,15H,1H3,(H3,29,30,33,34)/p+1. The van der Waals surface area contributed by atoms with Crippen molar-refractivity contribution >= 4 is 23.4 Å². The molecule has 192 valence electrons. The van der Waals surface area contributed by atoms with Crippen LogP contribution in [0, 0.1) is 0 Å². The van der Waals surface area contributed by atoms with Crippen molar-refractivity contribution in [1.82, 2.24) is 5.10 Å². The second kappa shape index (κ2) is 9.67. The first-order valence-corrected chi connectivity index (χ1v) is 9.21. The van der Waals surface area contributed by atoms with E-state index in [0.29, 0.717) is 4.68 Å². The molecule has 0 aliphatic rings. The van der Waals surface area contributed by atoms with Crippen molar-refractivity contribution in [3.05, 3.63) is 52.6 Å². The lowest BCUT2D eigenvalue weighted by Crippen LogP contribution is -2.58. The van der Waals surface area contributed by atoms with Gasteiger partial charge in [0, 0.05) is 5.56 Å². The number of nitrogens with one attached hydrogen (secondary N) is 1. The van der Waals surface area contributed by atoms with Crippen LogP contribution >= 0.6 is 11.6 Å². The molecule has 0 saturated carbocycles. The van der Waals surface area contributed by atoms with Crippen LogP contribution in [0.3, 0.4) is 0 Å². The first-order chi connectivity index (χ1) is 16.0. The molecule has 0 bridgehead atoms. The van der Waals surface area contributed by atoms with Gasteiger partial charge in [-0.15, -0.1) is 4.68 Å². The molecule has 2 rings (SSSR count). The molecule has 0 aliphatic heterocycles. The summed E-state index contributed by atoms with van der Waals surface area (Å²) in [6.45, 7) is -4.03. The molecule has 0 amide bonds. The number of rotatable bonds is 6. The number of carboxylic acid groups (broad SMARTS) is 1. The molecule has 4 N–H and O–H groups in total. The Morgan fingerprint density at radius 3 is 2.17 bits per heavy atom. The third kappa shape index (κ3) is 5.31. The number of nitrogens with two attached hydrogens (primary N) is 1. The van der Waals surface area contributed by atoms with Gasteiger partial charge in [-0.2, -0.15) is 35.1 Å². The van der Waals surface area contributed by atoms with Crippen LogP contribution in [0.1, 0.15) is 10.4 Å². The van der Waals surface area contributed by atoms with E-state index in [4.69, 9.17) is 22.4 Å². The summed E-state index contributed by atoms with van der Waals surface area (Å²) in [5.74, 6) is -4.67. The molecule has 0 spiro atoms. The Balaban J connectivity index is 2.72. The maximum atomic E-state index is 14.4. The molecule has 0 aliphatic carbocycles. The summed E-state index contributed by atoms with van der Waals surface area (Å²) in [7, 11) is 0.761. The van der Waals surface area contributed by atoms with E-state index in [1.54, 1.807) is 0 Å². The Bertz CT molecular complexity index is 1160. The second-order valence-corrected chi connectivity index (χ2v) is 6.96. The number of nitrogens with zero attached hydrogens (tertiary/aromatic N) is 2. The number of H-pyrrole nitrogens is 1. The SMILES string of the molecule is CN=C(C(OC(F)F)=C(N)C(F)(C(F)(F)F)C(F)(F)F)[n+]1cc(-c2ccc(Cl)c(C(=O)O)c2)c[nH]1. The van der Waals surface area contributed by atoms with Gasteiger partial charge in [0.2, 0.25) is 5.76 Å². The van der Waals surface area contributed by atoms with E-state index in [9.17, 15) is 44.3 Å². The molecule has 1 heterocycles. The van der Waals surface area contributed by atoms with Crippen LogP contribution in [0.25, 0.3) is 11.1 Å². The van der Waals surface area contributed by atoms with Gasteiger partial charge < -0.3 is 15.6 Å². The second-order valence-electron chi connectivity index (χ2n) is 6.55. The molecule has 0 unspecified atom stereocenters. The maximum Gasteiger partial charge on any atom is 0.437 e. The first kappa shape index (κ1) is 27.8. The highest BCUT2D eigenvalue weighted by Crippen LogP contribution is 2.50. The van der Waals surface area contributed by atoms with Gasteiger partial charge in [0.25, 0.3) is 0 Å². The zero-order chi connectivity index (χ0) is 26.9. The number of aliphatic imine (C=N–C) groups is 1. The highest BCUT2D eigenvalue weighted by molar-refractivity contribution is 6.33. The number of aromatic carboxylic acids is 1. The summed E-state index contributed by atoms with van der Waals surface area (Å²) in [4.78, 5) is 14.6. The largest absolute Gasteiger partial charge is 0.478 e. The number of halogens is 10. The van der Waals surface area contributed by atoms with E-state index in [1.807, 2.05) is 0 Å². The summed E-state index contributed by atoms with van der Waals surface area (Å²) in [6, 6.07) is 3.55. The fourth-order valence-electron chi connectivity index (χ4n) is 2.77. The normalized spacial score (nSPS) is 14.2. The molecule has 0 fully saturated rings. The maximum absolute atomic E-state index is 14.4. The van der Waals surface area contributed by atoms with Crippen molar-refractivity contribution in [2.75, 3.05) is 7.05 Å². The average Bonchev–Trinajstić information content (AvgIpc) is 3.20. The summed E-state index contributed by atoms with van der Waals surface area (Å²) in [5.41, 5.74) is -4.41. The lowest BCUT2D eigenvalue weighted by Gasteiger charge is -2.30. The molecule has 0 atom stereocenters. The van der Waals surface area contributed by atoms with Crippen molar-refractivity contribution in [1.29, 1.82) is 0 Å². The molecular weight excluding hydrogens is 527 g/mol. The Morgan fingerprint density at radius 2 is 1.71 bits per heavy atom. The fourth-order valence-corrected chi connectivity index (χ4v) is 2.97. The minimum absolute atomic E-state index is 0.0402. The number of allylic oxidation sites excluding steroid dienone is 2. The highest BCUT2D eigenvalue weighted by atomic mass is 35.5. The summed E-state index contributed by atoms with van der Waals surface area (Å²) >= 11 is 5.76. The molecule has 2 aromatic rings. The van der Waals surface area contributed by atoms with Gasteiger partial charge in [-0.05, 0) is 17.7 Å². The minimum atomic E-state index is -6.72. The third-order valence-corrected chi connectivity index (χ3v) is 4.73. The number of hydrogen-bond donors (Lipinski definition) is 3. The predicted molar refractivity (Wildman–Crippen MR) is 101 cm³/mol. The highest BCUT2D eigenvalue weighted by Gasteiger charge is 2.75. The molecule has 1 aromatic heterocycles. The number of aromatic amines is 1. The Morgan fingerprint density at radius 1 is 1.14 bits per heavy atom. The molecule has 17 heteroatoms. The van der Waals surface area contributed by atoms with Gasteiger partial charge in [0.1, 0.15) is 18.9 Å². The fraction of sp³-hybridized carbons (Fsp3) is 0.278. The van der Waals surface area contributed by atoms with Crippen molar-refractivity contribution in [3.63, 3.8) is 0 Å². The van der Waals surface area contributed by atoms with Gasteiger partial charge in [-0.25, -0.2) is 14.3 Å².